The Morgan fingerprint density at radius 3 is 2.39 bits per heavy atom. The Kier molecular flexibility index (Phi) is 4.83. The van der Waals surface area contributed by atoms with E-state index in [1.54, 1.807) is 13.8 Å². The zero-order valence-electron chi connectivity index (χ0n) is 14.7. The monoisotopic (exact) mass is 390 g/mol. The number of aromatic hydroxyl groups is 3. The molecule has 146 valence electrons. The van der Waals surface area contributed by atoms with Crippen LogP contribution in [0, 0.1) is 0 Å². The number of benzene rings is 2. The maximum Gasteiger partial charge on any atom is 0.501 e. The Balaban J connectivity index is 2.34. The van der Waals surface area contributed by atoms with Crippen LogP contribution in [-0.4, -0.2) is 27.6 Å². The third-order valence-corrected chi connectivity index (χ3v) is 3.70. The summed E-state index contributed by atoms with van der Waals surface area (Å²) in [6, 6.07) is 5.89. The van der Waals surface area contributed by atoms with Gasteiger partial charge in [0.1, 0.15) is 22.5 Å². The topological polar surface area (TPSA) is 126 Å². The lowest BCUT2D eigenvalue weighted by Crippen LogP contribution is -2.12. The minimum atomic E-state index is -2.27. The average molecular weight is 390 g/mol. The number of hydrogen-bond donors (Lipinski definition) is 3. The molecule has 0 spiro atoms. The lowest BCUT2D eigenvalue weighted by Gasteiger charge is -2.13. The second-order valence-corrected chi connectivity index (χ2v) is 6.11. The van der Waals surface area contributed by atoms with Gasteiger partial charge in [-0.15, -0.1) is 4.39 Å². The Morgan fingerprint density at radius 2 is 1.79 bits per heavy atom. The molecule has 3 rings (SSSR count). The summed E-state index contributed by atoms with van der Waals surface area (Å²) in [6.45, 7) is 3.51. The van der Waals surface area contributed by atoms with E-state index in [4.69, 9.17) is 9.15 Å². The second kappa shape index (κ2) is 7.10. The zero-order valence-corrected chi connectivity index (χ0v) is 14.7. The van der Waals surface area contributed by atoms with E-state index in [-0.39, 0.29) is 34.1 Å². The Bertz CT molecular complexity index is 1130. The number of phenolic OH excluding ortho intramolecular Hbond substituents is 3. The number of ether oxygens (including phenoxy) is 2. The number of carbonyl (C=O) groups is 1. The third-order valence-electron chi connectivity index (χ3n) is 3.70. The minimum absolute atomic E-state index is 0.0141. The van der Waals surface area contributed by atoms with Gasteiger partial charge in [0.15, 0.2) is 17.3 Å². The number of fused-ring (bicyclic) bond motifs is 1. The highest BCUT2D eigenvalue weighted by Gasteiger charge is 2.23. The predicted molar refractivity (Wildman–Crippen MR) is 95.8 cm³/mol. The molecule has 28 heavy (non-hydrogen) atoms. The summed E-state index contributed by atoms with van der Waals surface area (Å²) in [5.74, 6) is -2.51. The lowest BCUT2D eigenvalue weighted by molar-refractivity contribution is 0.174. The average Bonchev–Trinajstić information content (AvgIpc) is 2.58. The van der Waals surface area contributed by atoms with Crippen molar-refractivity contribution >= 4 is 17.2 Å². The number of halogens is 1. The molecule has 1 aromatic heterocycles. The molecular weight excluding hydrogens is 375 g/mol. The maximum atomic E-state index is 12.9. The summed E-state index contributed by atoms with van der Waals surface area (Å²) in [7, 11) is 0. The third kappa shape index (κ3) is 3.54. The van der Waals surface area contributed by atoms with Gasteiger partial charge in [-0.1, -0.05) is 0 Å². The van der Waals surface area contributed by atoms with Crippen LogP contribution in [0.15, 0.2) is 39.5 Å². The molecule has 2 aromatic carbocycles. The molecule has 3 N–H and O–H groups in total. The van der Waals surface area contributed by atoms with Crippen molar-refractivity contribution in [2.24, 2.45) is 0 Å². The first-order valence-electron chi connectivity index (χ1n) is 8.07. The van der Waals surface area contributed by atoms with Gasteiger partial charge in [0.25, 0.3) is 0 Å². The predicted octanol–water partition coefficient (Wildman–Crippen LogP) is 3.83. The van der Waals surface area contributed by atoms with Crippen LogP contribution in [0.4, 0.5) is 9.18 Å². The van der Waals surface area contributed by atoms with Gasteiger partial charge in [0.05, 0.1) is 6.10 Å². The van der Waals surface area contributed by atoms with E-state index < -0.39 is 34.6 Å². The van der Waals surface area contributed by atoms with Gasteiger partial charge >= 0.3 is 6.22 Å². The molecule has 8 nitrogen and oxygen atoms in total. The van der Waals surface area contributed by atoms with Gasteiger partial charge in [-0.05, 0) is 32.0 Å². The fourth-order valence-corrected chi connectivity index (χ4v) is 2.63. The molecule has 0 radical (unpaired) electrons. The SMILES string of the molecule is CC(C)Oc1cc(O)c2c(=O)c(OC(=O)F)c(-c3ccc(O)c(O)c3)oc2c1. The number of carbonyl (C=O) groups excluding carboxylic acids is 1. The van der Waals surface area contributed by atoms with E-state index in [0.717, 1.165) is 12.1 Å². The molecule has 0 aliphatic carbocycles. The highest BCUT2D eigenvalue weighted by atomic mass is 19.1. The summed E-state index contributed by atoms with van der Waals surface area (Å²) < 4.78 is 28.3. The largest absolute Gasteiger partial charge is 0.507 e. The van der Waals surface area contributed by atoms with Gasteiger partial charge in [0.2, 0.25) is 11.2 Å². The molecule has 3 aromatic rings. The Labute approximate surface area is 157 Å². The highest BCUT2D eigenvalue weighted by molar-refractivity contribution is 5.89. The van der Waals surface area contributed by atoms with E-state index in [1.807, 2.05) is 0 Å². The molecule has 0 saturated heterocycles. The molecule has 1 heterocycles. The molecular formula is C19H15FO8. The first-order valence-corrected chi connectivity index (χ1v) is 8.07. The van der Waals surface area contributed by atoms with Crippen LogP contribution in [0.1, 0.15) is 13.8 Å². The van der Waals surface area contributed by atoms with E-state index in [0.29, 0.717) is 0 Å². The zero-order chi connectivity index (χ0) is 20.6. The van der Waals surface area contributed by atoms with Crippen molar-refractivity contribution in [3.63, 3.8) is 0 Å². The van der Waals surface area contributed by atoms with Gasteiger partial charge in [-0.3, -0.25) is 4.79 Å². The van der Waals surface area contributed by atoms with E-state index in [9.17, 15) is 29.3 Å². The number of hydrogen-bond acceptors (Lipinski definition) is 8. The molecule has 0 atom stereocenters. The smallest absolute Gasteiger partial charge is 0.501 e. The van der Waals surface area contributed by atoms with Crippen molar-refractivity contribution in [1.82, 2.24) is 0 Å². The minimum Gasteiger partial charge on any atom is -0.507 e. The Morgan fingerprint density at radius 1 is 1.07 bits per heavy atom. The van der Waals surface area contributed by atoms with Gasteiger partial charge in [0, 0.05) is 17.7 Å². The highest BCUT2D eigenvalue weighted by Crippen LogP contribution is 2.38. The fraction of sp³-hybridized carbons (Fsp3) is 0.158. The summed E-state index contributed by atoms with van der Waals surface area (Å²) in [6.07, 6.45) is -2.50. The summed E-state index contributed by atoms with van der Waals surface area (Å²) in [4.78, 5) is 23.6. The molecule has 9 heteroatoms. The molecule has 0 aliphatic rings. The van der Waals surface area contributed by atoms with E-state index in [1.165, 1.54) is 18.2 Å². The molecule has 0 unspecified atom stereocenters. The van der Waals surface area contributed by atoms with Crippen LogP contribution in [0.2, 0.25) is 0 Å². The molecule has 0 bridgehead atoms. The summed E-state index contributed by atoms with van der Waals surface area (Å²) >= 11 is 0. The Hall–Kier alpha value is -3.75. The van der Waals surface area contributed by atoms with E-state index in [2.05, 4.69) is 4.74 Å². The van der Waals surface area contributed by atoms with Crippen molar-refractivity contribution in [3.8, 4) is 40.1 Å². The van der Waals surface area contributed by atoms with Crippen molar-refractivity contribution in [3.05, 3.63) is 40.6 Å². The van der Waals surface area contributed by atoms with Gasteiger partial charge < -0.3 is 29.2 Å². The quantitative estimate of drug-likeness (QED) is 0.453. The fourth-order valence-electron chi connectivity index (χ4n) is 2.63. The molecule has 0 fully saturated rings. The normalized spacial score (nSPS) is 11.0. The van der Waals surface area contributed by atoms with Crippen molar-refractivity contribution in [1.29, 1.82) is 0 Å². The van der Waals surface area contributed by atoms with Crippen molar-refractivity contribution < 1.29 is 38.4 Å². The lowest BCUT2D eigenvalue weighted by atomic mass is 10.1. The van der Waals surface area contributed by atoms with Crippen LogP contribution in [0.5, 0.6) is 28.7 Å². The van der Waals surface area contributed by atoms with Crippen LogP contribution in [0.25, 0.3) is 22.3 Å². The van der Waals surface area contributed by atoms with Crippen LogP contribution >= 0.6 is 0 Å². The summed E-state index contributed by atoms with van der Waals surface area (Å²) in [5.41, 5.74) is -1.12. The van der Waals surface area contributed by atoms with Gasteiger partial charge in [-0.25, -0.2) is 4.79 Å². The van der Waals surface area contributed by atoms with Crippen LogP contribution in [0.3, 0.4) is 0 Å². The second-order valence-electron chi connectivity index (χ2n) is 6.11. The molecule has 0 aliphatic heterocycles. The van der Waals surface area contributed by atoms with Crippen LogP contribution in [-0.2, 0) is 0 Å². The van der Waals surface area contributed by atoms with Gasteiger partial charge in [-0.2, -0.15) is 0 Å². The summed E-state index contributed by atoms with van der Waals surface area (Å²) in [5, 5.41) is 29.0. The van der Waals surface area contributed by atoms with Crippen LogP contribution < -0.4 is 14.9 Å². The first kappa shape index (κ1) is 19.0. The van der Waals surface area contributed by atoms with Crippen molar-refractivity contribution in [2.75, 3.05) is 0 Å². The van der Waals surface area contributed by atoms with Crippen molar-refractivity contribution in [2.45, 2.75) is 20.0 Å². The maximum absolute atomic E-state index is 12.9. The standard InChI is InChI=1S/C19H15FO8/c1-8(2)26-10-6-13(23)15-14(7-10)27-17(18(16(15)24)28-19(20)25)9-3-4-11(21)12(22)5-9/h3-8,21-23H,1-2H3. The molecule has 0 saturated carbocycles. The molecule has 0 amide bonds. The van der Waals surface area contributed by atoms with E-state index >= 15 is 0 Å². The first-order chi connectivity index (χ1) is 13.2. The number of phenols is 3. The number of rotatable bonds is 4.